The Morgan fingerprint density at radius 3 is 2.33 bits per heavy atom. The summed E-state index contributed by atoms with van der Waals surface area (Å²) >= 11 is 0. The topological polar surface area (TPSA) is 35.5 Å². The van der Waals surface area contributed by atoms with Crippen LogP contribution in [0, 0.1) is 0 Å². The SMILES string of the molecule is COc1ccc(C(=O)COC(C)C)cc1. The van der Waals surface area contributed by atoms with Gasteiger partial charge in [-0.05, 0) is 38.1 Å². The lowest BCUT2D eigenvalue weighted by molar-refractivity contribution is 0.0585. The van der Waals surface area contributed by atoms with Crippen LogP contribution in [0.5, 0.6) is 5.75 Å². The van der Waals surface area contributed by atoms with Crippen molar-refractivity contribution >= 4 is 5.78 Å². The third kappa shape index (κ3) is 3.72. The zero-order valence-corrected chi connectivity index (χ0v) is 9.32. The van der Waals surface area contributed by atoms with E-state index < -0.39 is 0 Å². The van der Waals surface area contributed by atoms with Gasteiger partial charge in [0.15, 0.2) is 5.78 Å². The van der Waals surface area contributed by atoms with E-state index in [1.165, 1.54) is 0 Å². The Balaban J connectivity index is 2.58. The molecule has 1 aromatic rings. The van der Waals surface area contributed by atoms with Gasteiger partial charge in [0.25, 0.3) is 0 Å². The molecule has 0 aliphatic rings. The number of ether oxygens (including phenoxy) is 2. The fourth-order valence-electron chi connectivity index (χ4n) is 1.10. The largest absolute Gasteiger partial charge is 0.497 e. The van der Waals surface area contributed by atoms with Crippen molar-refractivity contribution in [2.24, 2.45) is 0 Å². The molecule has 0 heterocycles. The third-order valence-electron chi connectivity index (χ3n) is 1.96. The summed E-state index contributed by atoms with van der Waals surface area (Å²) in [7, 11) is 1.60. The first kappa shape index (κ1) is 11.7. The number of ketones is 1. The maximum absolute atomic E-state index is 11.6. The molecular formula is C12H16O3. The Bertz CT molecular complexity index is 314. The molecule has 3 heteroatoms. The number of Topliss-reactive ketones (excluding diaryl/α,β-unsaturated/α-hetero) is 1. The maximum atomic E-state index is 11.6. The number of carbonyl (C=O) groups is 1. The van der Waals surface area contributed by atoms with Gasteiger partial charge in [-0.1, -0.05) is 0 Å². The van der Waals surface area contributed by atoms with Crippen LogP contribution in [0.4, 0.5) is 0 Å². The maximum Gasteiger partial charge on any atom is 0.188 e. The van der Waals surface area contributed by atoms with Crippen LogP contribution in [0.25, 0.3) is 0 Å². The first-order valence-corrected chi connectivity index (χ1v) is 4.92. The van der Waals surface area contributed by atoms with Gasteiger partial charge in [0, 0.05) is 5.56 Å². The Kier molecular flexibility index (Phi) is 4.31. The molecule has 0 aliphatic carbocycles. The van der Waals surface area contributed by atoms with E-state index >= 15 is 0 Å². The van der Waals surface area contributed by atoms with Crippen LogP contribution in [0.1, 0.15) is 24.2 Å². The van der Waals surface area contributed by atoms with Crippen LogP contribution in [0.3, 0.4) is 0 Å². The number of methoxy groups -OCH3 is 1. The fraction of sp³-hybridized carbons (Fsp3) is 0.417. The molecule has 82 valence electrons. The highest BCUT2D eigenvalue weighted by molar-refractivity contribution is 5.97. The minimum atomic E-state index is -0.00801. The summed E-state index contributed by atoms with van der Waals surface area (Å²) < 4.78 is 10.2. The van der Waals surface area contributed by atoms with Gasteiger partial charge in [0.2, 0.25) is 0 Å². The fourth-order valence-corrected chi connectivity index (χ4v) is 1.10. The van der Waals surface area contributed by atoms with Crippen LogP contribution in [0.15, 0.2) is 24.3 Å². The van der Waals surface area contributed by atoms with Gasteiger partial charge in [-0.3, -0.25) is 4.79 Å². The van der Waals surface area contributed by atoms with Gasteiger partial charge in [0.1, 0.15) is 12.4 Å². The minimum absolute atomic E-state index is 0.00801. The molecule has 0 aliphatic heterocycles. The smallest absolute Gasteiger partial charge is 0.188 e. The Morgan fingerprint density at radius 1 is 1.27 bits per heavy atom. The van der Waals surface area contributed by atoms with E-state index in [1.54, 1.807) is 31.4 Å². The lowest BCUT2D eigenvalue weighted by Crippen LogP contribution is -2.13. The van der Waals surface area contributed by atoms with E-state index in [1.807, 2.05) is 13.8 Å². The molecule has 1 aromatic carbocycles. The third-order valence-corrected chi connectivity index (χ3v) is 1.96. The zero-order chi connectivity index (χ0) is 11.3. The van der Waals surface area contributed by atoms with Crippen LogP contribution in [0.2, 0.25) is 0 Å². The van der Waals surface area contributed by atoms with Crippen LogP contribution >= 0.6 is 0 Å². The van der Waals surface area contributed by atoms with Gasteiger partial charge in [-0.15, -0.1) is 0 Å². The van der Waals surface area contributed by atoms with Crippen molar-refractivity contribution in [3.8, 4) is 5.75 Å². The lowest BCUT2D eigenvalue weighted by Gasteiger charge is -2.06. The van der Waals surface area contributed by atoms with Crippen LogP contribution < -0.4 is 4.74 Å². The number of hydrogen-bond acceptors (Lipinski definition) is 3. The zero-order valence-electron chi connectivity index (χ0n) is 9.32. The van der Waals surface area contributed by atoms with Crippen molar-refractivity contribution in [2.45, 2.75) is 20.0 Å². The molecule has 3 nitrogen and oxygen atoms in total. The molecule has 0 saturated carbocycles. The van der Waals surface area contributed by atoms with E-state index in [4.69, 9.17) is 9.47 Å². The summed E-state index contributed by atoms with van der Waals surface area (Å²) in [5, 5.41) is 0. The van der Waals surface area contributed by atoms with E-state index in [2.05, 4.69) is 0 Å². The summed E-state index contributed by atoms with van der Waals surface area (Å²) in [5.74, 6) is 0.739. The monoisotopic (exact) mass is 208 g/mol. The minimum Gasteiger partial charge on any atom is -0.497 e. The number of carbonyl (C=O) groups excluding carboxylic acids is 1. The number of benzene rings is 1. The molecule has 0 N–H and O–H groups in total. The number of hydrogen-bond donors (Lipinski definition) is 0. The van der Waals surface area contributed by atoms with Crippen molar-refractivity contribution in [3.05, 3.63) is 29.8 Å². The van der Waals surface area contributed by atoms with E-state index in [-0.39, 0.29) is 18.5 Å². The van der Waals surface area contributed by atoms with Gasteiger partial charge >= 0.3 is 0 Å². The van der Waals surface area contributed by atoms with Crippen LogP contribution in [-0.4, -0.2) is 25.6 Å². The second-order valence-electron chi connectivity index (χ2n) is 3.51. The predicted octanol–water partition coefficient (Wildman–Crippen LogP) is 2.30. The molecule has 0 spiro atoms. The Morgan fingerprint density at radius 2 is 1.87 bits per heavy atom. The number of rotatable bonds is 5. The molecule has 0 unspecified atom stereocenters. The summed E-state index contributed by atoms with van der Waals surface area (Å²) in [6.07, 6.45) is 0.0761. The van der Waals surface area contributed by atoms with Crippen LogP contribution in [-0.2, 0) is 4.74 Å². The van der Waals surface area contributed by atoms with Gasteiger partial charge in [-0.2, -0.15) is 0 Å². The summed E-state index contributed by atoms with van der Waals surface area (Å²) in [6.45, 7) is 3.94. The first-order chi connectivity index (χ1) is 7.13. The molecule has 0 bridgehead atoms. The second kappa shape index (κ2) is 5.51. The Hall–Kier alpha value is -1.35. The van der Waals surface area contributed by atoms with Gasteiger partial charge in [-0.25, -0.2) is 0 Å². The van der Waals surface area contributed by atoms with E-state index in [0.717, 1.165) is 5.75 Å². The van der Waals surface area contributed by atoms with Gasteiger partial charge in [0.05, 0.1) is 13.2 Å². The van der Waals surface area contributed by atoms with Crippen molar-refractivity contribution < 1.29 is 14.3 Å². The highest BCUT2D eigenvalue weighted by Crippen LogP contribution is 2.11. The summed E-state index contributed by atoms with van der Waals surface area (Å²) in [5.41, 5.74) is 0.649. The molecule has 15 heavy (non-hydrogen) atoms. The molecule has 0 saturated heterocycles. The molecule has 0 amide bonds. The quantitative estimate of drug-likeness (QED) is 0.696. The average Bonchev–Trinajstić information content (AvgIpc) is 2.26. The lowest BCUT2D eigenvalue weighted by atomic mass is 10.1. The Labute approximate surface area is 90.0 Å². The summed E-state index contributed by atoms with van der Waals surface area (Å²) in [4.78, 5) is 11.6. The van der Waals surface area contributed by atoms with Crippen molar-refractivity contribution in [3.63, 3.8) is 0 Å². The normalized spacial score (nSPS) is 10.4. The first-order valence-electron chi connectivity index (χ1n) is 4.92. The highest BCUT2D eigenvalue weighted by Gasteiger charge is 2.06. The molecular weight excluding hydrogens is 192 g/mol. The van der Waals surface area contributed by atoms with E-state index in [0.29, 0.717) is 5.56 Å². The molecule has 0 fully saturated rings. The highest BCUT2D eigenvalue weighted by atomic mass is 16.5. The molecule has 1 rings (SSSR count). The second-order valence-corrected chi connectivity index (χ2v) is 3.51. The molecule has 0 atom stereocenters. The molecule has 0 aromatic heterocycles. The average molecular weight is 208 g/mol. The predicted molar refractivity (Wildman–Crippen MR) is 58.4 cm³/mol. The van der Waals surface area contributed by atoms with Crippen molar-refractivity contribution in [1.29, 1.82) is 0 Å². The standard InChI is InChI=1S/C12H16O3/c1-9(2)15-8-12(13)10-4-6-11(14-3)7-5-10/h4-7,9H,8H2,1-3H3. The van der Waals surface area contributed by atoms with Crippen molar-refractivity contribution in [2.75, 3.05) is 13.7 Å². The van der Waals surface area contributed by atoms with E-state index in [9.17, 15) is 4.79 Å². The summed E-state index contributed by atoms with van der Waals surface area (Å²) in [6, 6.07) is 7.01. The van der Waals surface area contributed by atoms with Crippen molar-refractivity contribution in [1.82, 2.24) is 0 Å². The van der Waals surface area contributed by atoms with Gasteiger partial charge < -0.3 is 9.47 Å². The molecule has 0 radical (unpaired) electrons.